The van der Waals surface area contributed by atoms with Crippen LogP contribution in [0, 0.1) is 5.92 Å². The summed E-state index contributed by atoms with van der Waals surface area (Å²) in [4.78, 5) is 4.13. The molecule has 0 saturated heterocycles. The van der Waals surface area contributed by atoms with E-state index in [4.69, 9.17) is 0 Å². The third kappa shape index (κ3) is 2.52. The molecule has 1 aromatic carbocycles. The van der Waals surface area contributed by atoms with Crippen LogP contribution in [0.25, 0.3) is 10.8 Å². The van der Waals surface area contributed by atoms with Gasteiger partial charge in [0.15, 0.2) is 0 Å². The zero-order chi connectivity index (χ0) is 12.4. The molecule has 1 saturated carbocycles. The smallest absolute Gasteiger partial charge is 0.0692 e. The van der Waals surface area contributed by atoms with E-state index in [1.165, 1.54) is 29.2 Å². The number of aliphatic hydroxyl groups excluding tert-OH is 1. The molecule has 0 aliphatic heterocycles. The van der Waals surface area contributed by atoms with E-state index in [0.717, 1.165) is 6.54 Å². The highest BCUT2D eigenvalue weighted by atomic mass is 16.3. The number of rotatable bonds is 5. The second-order valence-electron chi connectivity index (χ2n) is 5.05. The summed E-state index contributed by atoms with van der Waals surface area (Å²) in [6.45, 7) is 1.48. The molecule has 2 aromatic rings. The van der Waals surface area contributed by atoms with Crippen molar-refractivity contribution in [3.05, 3.63) is 42.2 Å². The Kier molecular flexibility index (Phi) is 3.26. The molecule has 3 rings (SSSR count). The average Bonchev–Trinajstić information content (AvgIpc) is 3.23. The Bertz CT molecular complexity index is 532. The van der Waals surface area contributed by atoms with Gasteiger partial charge >= 0.3 is 0 Å². The predicted octanol–water partition coefficient (Wildman–Crippen LogP) is 2.10. The third-order valence-corrected chi connectivity index (χ3v) is 3.61. The second-order valence-corrected chi connectivity index (χ2v) is 5.05. The standard InChI is InChI=1S/C15H18N2O/c18-15(11-4-5-11)10-17-9-13-3-1-2-12-8-16-7-6-14(12)13/h1-3,6-8,11,15,17-18H,4-5,9-10H2. The zero-order valence-corrected chi connectivity index (χ0v) is 10.3. The number of fused-ring (bicyclic) bond motifs is 1. The molecule has 1 aromatic heterocycles. The number of hydrogen-bond donors (Lipinski definition) is 2. The van der Waals surface area contributed by atoms with E-state index in [0.29, 0.717) is 12.5 Å². The Morgan fingerprint density at radius 1 is 1.33 bits per heavy atom. The van der Waals surface area contributed by atoms with Crippen molar-refractivity contribution in [2.75, 3.05) is 6.54 Å². The first-order valence-corrected chi connectivity index (χ1v) is 6.55. The molecule has 1 atom stereocenters. The van der Waals surface area contributed by atoms with Crippen LogP contribution in [-0.2, 0) is 6.54 Å². The fourth-order valence-corrected chi connectivity index (χ4v) is 2.35. The van der Waals surface area contributed by atoms with Gasteiger partial charge in [0.2, 0.25) is 0 Å². The molecule has 1 unspecified atom stereocenters. The van der Waals surface area contributed by atoms with Crippen molar-refractivity contribution in [2.45, 2.75) is 25.5 Å². The van der Waals surface area contributed by atoms with E-state index in [-0.39, 0.29) is 6.10 Å². The Balaban J connectivity index is 1.66. The quantitative estimate of drug-likeness (QED) is 0.844. The highest BCUT2D eigenvalue weighted by Gasteiger charge is 2.29. The number of benzene rings is 1. The first kappa shape index (κ1) is 11.6. The first-order chi connectivity index (χ1) is 8.84. The molecule has 3 nitrogen and oxygen atoms in total. The van der Waals surface area contributed by atoms with Crippen LogP contribution in [0.4, 0.5) is 0 Å². The minimum Gasteiger partial charge on any atom is -0.392 e. The van der Waals surface area contributed by atoms with Gasteiger partial charge in [0.1, 0.15) is 0 Å². The molecule has 3 heteroatoms. The molecule has 1 heterocycles. The van der Waals surface area contributed by atoms with Crippen molar-refractivity contribution < 1.29 is 5.11 Å². The van der Waals surface area contributed by atoms with E-state index in [2.05, 4.69) is 28.5 Å². The van der Waals surface area contributed by atoms with Gasteiger partial charge in [-0.25, -0.2) is 0 Å². The van der Waals surface area contributed by atoms with Crippen molar-refractivity contribution in [3.63, 3.8) is 0 Å². The van der Waals surface area contributed by atoms with E-state index in [9.17, 15) is 5.11 Å². The van der Waals surface area contributed by atoms with Gasteiger partial charge in [0, 0.05) is 30.9 Å². The largest absolute Gasteiger partial charge is 0.392 e. The number of nitrogens with one attached hydrogen (secondary N) is 1. The Labute approximate surface area is 107 Å². The maximum atomic E-state index is 9.81. The monoisotopic (exact) mass is 242 g/mol. The van der Waals surface area contributed by atoms with Crippen LogP contribution in [0.5, 0.6) is 0 Å². The van der Waals surface area contributed by atoms with Crippen molar-refractivity contribution in [2.24, 2.45) is 5.92 Å². The maximum Gasteiger partial charge on any atom is 0.0692 e. The molecular weight excluding hydrogens is 224 g/mol. The zero-order valence-electron chi connectivity index (χ0n) is 10.3. The Morgan fingerprint density at radius 2 is 2.22 bits per heavy atom. The molecule has 18 heavy (non-hydrogen) atoms. The highest BCUT2D eigenvalue weighted by molar-refractivity contribution is 5.84. The van der Waals surface area contributed by atoms with E-state index < -0.39 is 0 Å². The van der Waals surface area contributed by atoms with E-state index in [1.807, 2.05) is 18.5 Å². The molecule has 1 aliphatic carbocycles. The summed E-state index contributed by atoms with van der Waals surface area (Å²) in [6.07, 6.45) is 5.90. The molecule has 0 radical (unpaired) electrons. The number of pyridine rings is 1. The SMILES string of the molecule is OC(CNCc1cccc2cnccc12)C1CC1. The molecule has 1 fully saturated rings. The summed E-state index contributed by atoms with van der Waals surface area (Å²) in [5, 5.41) is 15.6. The van der Waals surface area contributed by atoms with Gasteiger partial charge in [0.25, 0.3) is 0 Å². The van der Waals surface area contributed by atoms with Crippen LogP contribution in [0.3, 0.4) is 0 Å². The summed E-state index contributed by atoms with van der Waals surface area (Å²) in [6, 6.07) is 8.30. The van der Waals surface area contributed by atoms with Crippen LogP contribution in [0.1, 0.15) is 18.4 Å². The molecule has 0 amide bonds. The van der Waals surface area contributed by atoms with E-state index in [1.54, 1.807) is 0 Å². The number of nitrogens with zero attached hydrogens (tertiary/aromatic N) is 1. The van der Waals surface area contributed by atoms with Crippen molar-refractivity contribution >= 4 is 10.8 Å². The van der Waals surface area contributed by atoms with Crippen molar-refractivity contribution in [3.8, 4) is 0 Å². The maximum absolute atomic E-state index is 9.81. The Hall–Kier alpha value is -1.45. The predicted molar refractivity (Wildman–Crippen MR) is 72.2 cm³/mol. The average molecular weight is 242 g/mol. The van der Waals surface area contributed by atoms with Gasteiger partial charge in [-0.15, -0.1) is 0 Å². The lowest BCUT2D eigenvalue weighted by Crippen LogP contribution is -2.27. The molecule has 1 aliphatic rings. The Morgan fingerprint density at radius 3 is 3.06 bits per heavy atom. The topological polar surface area (TPSA) is 45.1 Å². The van der Waals surface area contributed by atoms with Crippen LogP contribution >= 0.6 is 0 Å². The fourth-order valence-electron chi connectivity index (χ4n) is 2.35. The fraction of sp³-hybridized carbons (Fsp3) is 0.400. The summed E-state index contributed by atoms with van der Waals surface area (Å²) in [5.74, 6) is 0.536. The highest BCUT2D eigenvalue weighted by Crippen LogP contribution is 2.32. The van der Waals surface area contributed by atoms with Gasteiger partial charge in [-0.2, -0.15) is 0 Å². The van der Waals surface area contributed by atoms with Crippen LogP contribution in [-0.4, -0.2) is 22.7 Å². The lowest BCUT2D eigenvalue weighted by molar-refractivity contribution is 0.148. The van der Waals surface area contributed by atoms with E-state index >= 15 is 0 Å². The van der Waals surface area contributed by atoms with Gasteiger partial charge in [-0.3, -0.25) is 4.98 Å². The summed E-state index contributed by atoms with van der Waals surface area (Å²) in [7, 11) is 0. The molecule has 0 bridgehead atoms. The number of hydrogen-bond acceptors (Lipinski definition) is 3. The third-order valence-electron chi connectivity index (χ3n) is 3.61. The molecular formula is C15H18N2O. The minimum atomic E-state index is -0.179. The van der Waals surface area contributed by atoms with Crippen LogP contribution in [0.2, 0.25) is 0 Å². The van der Waals surface area contributed by atoms with Gasteiger partial charge in [0.05, 0.1) is 6.10 Å². The van der Waals surface area contributed by atoms with Gasteiger partial charge in [-0.1, -0.05) is 18.2 Å². The lowest BCUT2D eigenvalue weighted by atomic mass is 10.1. The van der Waals surface area contributed by atoms with Crippen LogP contribution in [0.15, 0.2) is 36.7 Å². The molecule has 0 spiro atoms. The number of aromatic nitrogens is 1. The normalized spacial score (nSPS) is 16.9. The summed E-state index contributed by atoms with van der Waals surface area (Å²) < 4.78 is 0. The summed E-state index contributed by atoms with van der Waals surface area (Å²) in [5.41, 5.74) is 1.26. The molecule has 94 valence electrons. The number of aliphatic hydroxyl groups is 1. The van der Waals surface area contributed by atoms with Crippen LogP contribution < -0.4 is 5.32 Å². The minimum absolute atomic E-state index is 0.179. The van der Waals surface area contributed by atoms with Crippen molar-refractivity contribution in [1.29, 1.82) is 0 Å². The summed E-state index contributed by atoms with van der Waals surface area (Å²) >= 11 is 0. The van der Waals surface area contributed by atoms with Crippen molar-refractivity contribution in [1.82, 2.24) is 10.3 Å². The van der Waals surface area contributed by atoms with Gasteiger partial charge < -0.3 is 10.4 Å². The second kappa shape index (κ2) is 5.04. The molecule has 2 N–H and O–H groups in total. The first-order valence-electron chi connectivity index (χ1n) is 6.55. The lowest BCUT2D eigenvalue weighted by Gasteiger charge is -2.11. The van der Waals surface area contributed by atoms with Gasteiger partial charge in [-0.05, 0) is 35.8 Å².